The molecule has 1 saturated heterocycles. The lowest BCUT2D eigenvalue weighted by Crippen LogP contribution is -2.49. The Morgan fingerprint density at radius 2 is 1.67 bits per heavy atom. The lowest BCUT2D eigenvalue weighted by atomic mass is 9.64. The maximum atomic E-state index is 13.2. The van der Waals surface area contributed by atoms with Gasteiger partial charge in [0.1, 0.15) is 11.2 Å². The summed E-state index contributed by atoms with van der Waals surface area (Å²) in [7, 11) is 0. The minimum Gasteiger partial charge on any atom is -0.493 e. The van der Waals surface area contributed by atoms with E-state index in [-0.39, 0.29) is 28.8 Å². The lowest BCUT2D eigenvalue weighted by molar-refractivity contribution is -0.123. The van der Waals surface area contributed by atoms with Gasteiger partial charge in [-0.2, -0.15) is 0 Å². The van der Waals surface area contributed by atoms with Crippen LogP contribution in [0.5, 0.6) is 5.75 Å². The van der Waals surface area contributed by atoms with Crippen LogP contribution in [-0.2, 0) is 23.1 Å². The molecule has 0 spiro atoms. The first-order valence-corrected chi connectivity index (χ1v) is 11.6. The Balaban J connectivity index is 0.00000259. The van der Waals surface area contributed by atoms with Crippen molar-refractivity contribution in [3.63, 3.8) is 0 Å². The third kappa shape index (κ3) is 4.44. The molecule has 0 bridgehead atoms. The van der Waals surface area contributed by atoms with Crippen LogP contribution in [0.1, 0.15) is 28.7 Å². The van der Waals surface area contributed by atoms with Gasteiger partial charge in [0.25, 0.3) is 0 Å². The smallest absolute Gasteiger partial charge is 0.232 e. The molecule has 0 saturated carbocycles. The zero-order chi connectivity index (χ0) is 22.0. The average molecular weight is 507 g/mol. The highest BCUT2D eigenvalue weighted by Gasteiger charge is 2.49. The molecule has 33 heavy (non-hydrogen) atoms. The summed E-state index contributed by atoms with van der Waals surface area (Å²) < 4.78 is 5.64. The number of ether oxygens (including phenoxy) is 1. The molecular formula is C28H31BrN2O2. The Hall–Kier alpha value is -2.63. The van der Waals surface area contributed by atoms with E-state index in [2.05, 4.69) is 23.1 Å². The van der Waals surface area contributed by atoms with Gasteiger partial charge in [-0.25, -0.2) is 0 Å². The van der Waals surface area contributed by atoms with Gasteiger partial charge < -0.3 is 15.4 Å². The van der Waals surface area contributed by atoms with Gasteiger partial charge in [-0.3, -0.25) is 4.79 Å². The Morgan fingerprint density at radius 1 is 1.00 bits per heavy atom. The Kier molecular flexibility index (Phi) is 7.20. The maximum absolute atomic E-state index is 13.2. The molecule has 0 radical (unpaired) electrons. The molecule has 172 valence electrons. The van der Waals surface area contributed by atoms with E-state index in [1.807, 2.05) is 60.7 Å². The second-order valence-corrected chi connectivity index (χ2v) is 8.98. The molecule has 0 aliphatic carbocycles. The first-order valence-electron chi connectivity index (χ1n) is 11.6. The Labute approximate surface area is 206 Å². The van der Waals surface area contributed by atoms with Crippen LogP contribution in [0.3, 0.4) is 0 Å². The average Bonchev–Trinajstić information content (AvgIpc) is 3.49. The van der Waals surface area contributed by atoms with Crippen LogP contribution in [0, 0.1) is 5.92 Å². The van der Waals surface area contributed by atoms with Crippen LogP contribution >= 0.6 is 17.0 Å². The molecule has 5 rings (SSSR count). The van der Waals surface area contributed by atoms with Crippen LogP contribution in [-0.4, -0.2) is 37.0 Å². The van der Waals surface area contributed by atoms with Crippen LogP contribution in [0.2, 0.25) is 0 Å². The number of nitrogens with two attached hydrogens (primary N) is 1. The Bertz CT molecular complexity index is 1050. The number of likely N-dealkylation sites (tertiary alicyclic amines) is 1. The number of benzene rings is 3. The van der Waals surface area contributed by atoms with Gasteiger partial charge in [-0.05, 0) is 53.6 Å². The van der Waals surface area contributed by atoms with Gasteiger partial charge in [0, 0.05) is 19.5 Å². The molecule has 2 aliphatic heterocycles. The molecule has 5 heteroatoms. The number of nitrogens with zero attached hydrogens (tertiary/aromatic N) is 1. The molecule has 0 aromatic heterocycles. The summed E-state index contributed by atoms with van der Waals surface area (Å²) in [6, 6.07) is 26.7. The molecule has 2 aliphatic rings. The molecule has 4 nitrogen and oxygen atoms in total. The summed E-state index contributed by atoms with van der Waals surface area (Å²) in [4.78, 5) is 15.7. The fourth-order valence-electron chi connectivity index (χ4n) is 5.60. The van der Waals surface area contributed by atoms with Crippen molar-refractivity contribution in [1.82, 2.24) is 4.90 Å². The number of halogens is 1. The molecule has 0 unspecified atom stereocenters. The minimum absolute atomic E-state index is 0. The second kappa shape index (κ2) is 10.1. The van der Waals surface area contributed by atoms with Gasteiger partial charge in [0.15, 0.2) is 0 Å². The summed E-state index contributed by atoms with van der Waals surface area (Å²) in [5, 5.41) is 0. The quantitative estimate of drug-likeness (QED) is 0.511. The second-order valence-electron chi connectivity index (χ2n) is 8.98. The highest BCUT2D eigenvalue weighted by atomic mass is 79.9. The number of hydrogen-bond donors (Lipinski definition) is 1. The summed E-state index contributed by atoms with van der Waals surface area (Å²) in [5.74, 6) is 0.908. The van der Waals surface area contributed by atoms with E-state index in [0.29, 0.717) is 0 Å². The van der Waals surface area contributed by atoms with Crippen molar-refractivity contribution in [2.24, 2.45) is 11.7 Å². The van der Waals surface area contributed by atoms with E-state index in [1.165, 1.54) is 11.1 Å². The first-order chi connectivity index (χ1) is 15.7. The molecule has 1 amide bonds. The lowest BCUT2D eigenvalue weighted by Gasteiger charge is -2.37. The van der Waals surface area contributed by atoms with Crippen molar-refractivity contribution in [3.05, 3.63) is 101 Å². The highest BCUT2D eigenvalue weighted by molar-refractivity contribution is 8.93. The van der Waals surface area contributed by atoms with Crippen molar-refractivity contribution < 1.29 is 9.53 Å². The third-order valence-electron chi connectivity index (χ3n) is 7.20. The van der Waals surface area contributed by atoms with Crippen molar-refractivity contribution in [1.29, 1.82) is 0 Å². The van der Waals surface area contributed by atoms with E-state index in [4.69, 9.17) is 10.5 Å². The monoisotopic (exact) mass is 506 g/mol. The summed E-state index contributed by atoms with van der Waals surface area (Å²) in [6.07, 6.45) is 2.95. The molecule has 2 N–H and O–H groups in total. The van der Waals surface area contributed by atoms with Crippen molar-refractivity contribution in [2.45, 2.75) is 24.7 Å². The van der Waals surface area contributed by atoms with E-state index >= 15 is 0 Å². The summed E-state index contributed by atoms with van der Waals surface area (Å²) in [6.45, 7) is 3.61. The summed E-state index contributed by atoms with van der Waals surface area (Å²) >= 11 is 0. The number of carbonyl (C=O) groups excluding carboxylic acids is 1. The van der Waals surface area contributed by atoms with Crippen molar-refractivity contribution >= 4 is 22.9 Å². The molecule has 1 atom stereocenters. The number of fused-ring (bicyclic) bond motifs is 1. The molecule has 1 fully saturated rings. The van der Waals surface area contributed by atoms with Gasteiger partial charge in [0.05, 0.1) is 6.61 Å². The fourth-order valence-corrected chi connectivity index (χ4v) is 5.60. The van der Waals surface area contributed by atoms with Crippen molar-refractivity contribution in [2.75, 3.05) is 26.2 Å². The minimum atomic E-state index is -0.817. The molecule has 2 heterocycles. The van der Waals surface area contributed by atoms with Crippen molar-refractivity contribution in [3.8, 4) is 5.75 Å². The van der Waals surface area contributed by atoms with E-state index in [0.717, 1.165) is 62.4 Å². The number of carbonyl (C=O) groups is 1. The normalized spacial score (nSPS) is 17.8. The third-order valence-corrected chi connectivity index (χ3v) is 7.20. The van der Waals surface area contributed by atoms with Crippen LogP contribution in [0.4, 0.5) is 0 Å². The van der Waals surface area contributed by atoms with Gasteiger partial charge in [0.2, 0.25) is 5.91 Å². The largest absolute Gasteiger partial charge is 0.493 e. The van der Waals surface area contributed by atoms with E-state index in [1.54, 1.807) is 0 Å². The number of hydrogen-bond acceptors (Lipinski definition) is 3. The predicted octanol–water partition coefficient (Wildman–Crippen LogP) is 4.54. The summed E-state index contributed by atoms with van der Waals surface area (Å²) in [5.41, 5.74) is 10.0. The van der Waals surface area contributed by atoms with E-state index < -0.39 is 5.41 Å². The molecule has 3 aromatic carbocycles. The predicted molar refractivity (Wildman–Crippen MR) is 137 cm³/mol. The Morgan fingerprint density at radius 3 is 2.30 bits per heavy atom. The zero-order valence-corrected chi connectivity index (χ0v) is 20.5. The number of primary amides is 1. The topological polar surface area (TPSA) is 55.6 Å². The van der Waals surface area contributed by atoms with Gasteiger partial charge in [-0.1, -0.05) is 72.8 Å². The first kappa shape index (κ1) is 23.5. The SMILES string of the molecule is Br.NC(=O)C(c1ccccc1)(c1ccccc1)[C@@H]1CCN(CCc2ccc3c(c2)CCO3)C1. The van der Waals surface area contributed by atoms with Gasteiger partial charge in [-0.15, -0.1) is 17.0 Å². The number of rotatable bonds is 7. The van der Waals surface area contributed by atoms with E-state index in [9.17, 15) is 4.79 Å². The molecule has 3 aromatic rings. The standard InChI is InChI=1S/C28H30N2O2.BrH/c29-27(31)28(23-7-3-1-4-8-23,24-9-5-2-6-10-24)25-14-17-30(20-25)16-13-21-11-12-26-22(19-21)15-18-32-26;/h1-12,19,25H,13-18,20H2,(H2,29,31);1H/t25-;/m1./s1. The van der Waals surface area contributed by atoms with Crippen LogP contribution in [0.15, 0.2) is 78.9 Å². The maximum Gasteiger partial charge on any atom is 0.232 e. The zero-order valence-electron chi connectivity index (χ0n) is 18.8. The number of amides is 1. The van der Waals surface area contributed by atoms with Crippen LogP contribution in [0.25, 0.3) is 0 Å². The van der Waals surface area contributed by atoms with Gasteiger partial charge >= 0.3 is 0 Å². The van der Waals surface area contributed by atoms with Crippen LogP contribution < -0.4 is 10.5 Å². The highest BCUT2D eigenvalue weighted by Crippen LogP contribution is 2.43. The molecular weight excluding hydrogens is 476 g/mol. The fraction of sp³-hybridized carbons (Fsp3) is 0.321.